The van der Waals surface area contributed by atoms with Crippen molar-refractivity contribution in [3.05, 3.63) is 98.6 Å². The molecule has 0 spiro atoms. The summed E-state index contributed by atoms with van der Waals surface area (Å²) in [6.45, 7) is 4.62. The molecule has 6 rings (SSSR count). The molecule has 0 saturated heterocycles. The van der Waals surface area contributed by atoms with Crippen molar-refractivity contribution < 1.29 is 23.4 Å². The number of nitrogens with zero attached hydrogens (tertiary/aromatic N) is 1. The zero-order chi connectivity index (χ0) is 28.8. The van der Waals surface area contributed by atoms with E-state index in [0.717, 1.165) is 10.9 Å². The number of fused-ring (bicyclic) bond motifs is 4. The van der Waals surface area contributed by atoms with Gasteiger partial charge in [-0.15, -0.1) is 0 Å². The Morgan fingerprint density at radius 3 is 2.44 bits per heavy atom. The quantitative estimate of drug-likeness (QED) is 0.192. The summed E-state index contributed by atoms with van der Waals surface area (Å²) in [5, 5.41) is 1.09. The van der Waals surface area contributed by atoms with Gasteiger partial charge in [-0.3, -0.25) is 14.4 Å². The Hall–Kier alpha value is -4.85. The standard InChI is InChI=1S/C33H29NO7/c1-18(2)16-34-25-8-6-5-7-20(25)13-23(33(34)37)22-14-28(35)41-27-15-26(39-4)30-31(36)24(17-40-32(30)29(22)27)19-9-11-21(38-3)12-10-19/h5-13,15,17-18,22H,14,16H2,1-4H3/t22-/m0/s1. The maximum absolute atomic E-state index is 14.0. The maximum atomic E-state index is 14.0. The molecule has 8 heteroatoms. The van der Waals surface area contributed by atoms with E-state index >= 15 is 0 Å². The highest BCUT2D eigenvalue weighted by Gasteiger charge is 2.36. The minimum atomic E-state index is -0.690. The van der Waals surface area contributed by atoms with Crippen LogP contribution in [0.1, 0.15) is 37.3 Å². The van der Waals surface area contributed by atoms with Gasteiger partial charge in [-0.2, -0.15) is 0 Å². The largest absolute Gasteiger partial charge is 0.497 e. The lowest BCUT2D eigenvalue weighted by atomic mass is 9.84. The van der Waals surface area contributed by atoms with Gasteiger partial charge in [-0.1, -0.05) is 44.2 Å². The Balaban J connectivity index is 1.63. The minimum absolute atomic E-state index is 0.0758. The van der Waals surface area contributed by atoms with Gasteiger partial charge in [0, 0.05) is 29.7 Å². The predicted molar refractivity (Wildman–Crippen MR) is 156 cm³/mol. The summed E-state index contributed by atoms with van der Waals surface area (Å²) in [5.41, 5.74) is 2.46. The first kappa shape index (κ1) is 26.4. The number of para-hydroxylation sites is 1. The number of carbonyl (C=O) groups is 1. The average molecular weight is 552 g/mol. The molecule has 0 unspecified atom stereocenters. The van der Waals surface area contributed by atoms with Crippen LogP contribution in [0.4, 0.5) is 0 Å². The summed E-state index contributed by atoms with van der Waals surface area (Å²) in [6.07, 6.45) is 1.32. The molecular formula is C33H29NO7. The number of pyridine rings is 1. The zero-order valence-corrected chi connectivity index (χ0v) is 23.2. The van der Waals surface area contributed by atoms with Crippen LogP contribution in [0.25, 0.3) is 33.0 Å². The first-order valence-corrected chi connectivity index (χ1v) is 13.4. The van der Waals surface area contributed by atoms with Crippen molar-refractivity contribution in [1.29, 1.82) is 0 Å². The molecule has 0 N–H and O–H groups in total. The van der Waals surface area contributed by atoms with E-state index in [9.17, 15) is 14.4 Å². The van der Waals surface area contributed by atoms with Gasteiger partial charge in [0.25, 0.3) is 5.56 Å². The van der Waals surface area contributed by atoms with E-state index in [1.165, 1.54) is 19.4 Å². The van der Waals surface area contributed by atoms with Gasteiger partial charge in [0.05, 0.1) is 31.7 Å². The molecule has 1 atom stereocenters. The Labute approximate surface area is 235 Å². The number of hydrogen-bond acceptors (Lipinski definition) is 7. The second-order valence-electron chi connectivity index (χ2n) is 10.6. The number of methoxy groups -OCH3 is 2. The van der Waals surface area contributed by atoms with Crippen LogP contribution < -0.4 is 25.2 Å². The summed E-state index contributed by atoms with van der Waals surface area (Å²) in [4.78, 5) is 40.8. The summed E-state index contributed by atoms with van der Waals surface area (Å²) < 4.78 is 24.4. The van der Waals surface area contributed by atoms with E-state index in [0.29, 0.717) is 34.5 Å². The van der Waals surface area contributed by atoms with Crippen LogP contribution >= 0.6 is 0 Å². The van der Waals surface area contributed by atoms with Gasteiger partial charge < -0.3 is 23.2 Å². The number of rotatable bonds is 6. The monoisotopic (exact) mass is 551 g/mol. The topological polar surface area (TPSA) is 97.0 Å². The Morgan fingerprint density at radius 1 is 0.976 bits per heavy atom. The Kier molecular flexibility index (Phi) is 6.61. The summed E-state index contributed by atoms with van der Waals surface area (Å²) in [5.74, 6) is 0.128. The fourth-order valence-corrected chi connectivity index (χ4v) is 5.66. The van der Waals surface area contributed by atoms with Crippen LogP contribution in [-0.2, 0) is 11.3 Å². The van der Waals surface area contributed by atoms with E-state index in [4.69, 9.17) is 18.6 Å². The normalized spacial score (nSPS) is 14.8. The lowest BCUT2D eigenvalue weighted by Gasteiger charge is -2.27. The second-order valence-corrected chi connectivity index (χ2v) is 10.6. The average Bonchev–Trinajstić information content (AvgIpc) is 2.97. The molecule has 5 aromatic rings. The molecule has 8 nitrogen and oxygen atoms in total. The van der Waals surface area contributed by atoms with Crippen LogP contribution in [0.3, 0.4) is 0 Å². The minimum Gasteiger partial charge on any atom is -0.497 e. The number of hydrogen-bond donors (Lipinski definition) is 0. The molecule has 0 saturated carbocycles. The van der Waals surface area contributed by atoms with E-state index in [1.54, 1.807) is 35.9 Å². The molecule has 208 valence electrons. The number of carbonyl (C=O) groups excluding carboxylic acids is 1. The highest BCUT2D eigenvalue weighted by Crippen LogP contribution is 2.45. The van der Waals surface area contributed by atoms with Gasteiger partial charge in [-0.05, 0) is 41.1 Å². The molecule has 2 aromatic heterocycles. The van der Waals surface area contributed by atoms with Gasteiger partial charge in [0.1, 0.15) is 34.5 Å². The molecule has 0 amide bonds. The molecular weight excluding hydrogens is 522 g/mol. The predicted octanol–water partition coefficient (Wildman–Crippen LogP) is 5.89. The Bertz CT molecular complexity index is 1930. The number of ether oxygens (including phenoxy) is 3. The van der Waals surface area contributed by atoms with Crippen molar-refractivity contribution in [1.82, 2.24) is 4.57 Å². The molecule has 3 heterocycles. The van der Waals surface area contributed by atoms with Crippen LogP contribution in [-0.4, -0.2) is 24.8 Å². The first-order chi connectivity index (χ1) is 19.8. The fourth-order valence-electron chi connectivity index (χ4n) is 5.66. The van der Waals surface area contributed by atoms with Gasteiger partial charge in [0.15, 0.2) is 0 Å². The molecule has 0 aliphatic carbocycles. The smallest absolute Gasteiger partial charge is 0.312 e. The van der Waals surface area contributed by atoms with Crippen molar-refractivity contribution in [2.75, 3.05) is 14.2 Å². The fraction of sp³-hybridized carbons (Fsp3) is 0.242. The van der Waals surface area contributed by atoms with Crippen LogP contribution in [0.15, 0.2) is 80.9 Å². The van der Waals surface area contributed by atoms with Crippen molar-refractivity contribution in [2.45, 2.75) is 32.7 Å². The third-order valence-corrected chi connectivity index (χ3v) is 7.53. The lowest BCUT2D eigenvalue weighted by molar-refractivity contribution is -0.135. The van der Waals surface area contributed by atoms with E-state index < -0.39 is 11.9 Å². The lowest BCUT2D eigenvalue weighted by Crippen LogP contribution is -2.31. The van der Waals surface area contributed by atoms with Crippen molar-refractivity contribution >= 4 is 27.8 Å². The second kappa shape index (κ2) is 10.3. The highest BCUT2D eigenvalue weighted by molar-refractivity contribution is 5.94. The van der Waals surface area contributed by atoms with E-state index in [-0.39, 0.29) is 45.8 Å². The van der Waals surface area contributed by atoms with Crippen LogP contribution in [0.2, 0.25) is 0 Å². The first-order valence-electron chi connectivity index (χ1n) is 13.4. The third-order valence-electron chi connectivity index (χ3n) is 7.53. The third kappa shape index (κ3) is 4.45. The number of esters is 1. The molecule has 41 heavy (non-hydrogen) atoms. The van der Waals surface area contributed by atoms with Gasteiger partial charge in [-0.25, -0.2) is 0 Å². The molecule has 0 bridgehead atoms. The molecule has 0 radical (unpaired) electrons. The summed E-state index contributed by atoms with van der Waals surface area (Å²) in [7, 11) is 3.01. The maximum Gasteiger partial charge on any atom is 0.312 e. The summed E-state index contributed by atoms with van der Waals surface area (Å²) in [6, 6.07) is 18.1. The highest BCUT2D eigenvalue weighted by atomic mass is 16.5. The Morgan fingerprint density at radius 2 is 1.73 bits per heavy atom. The van der Waals surface area contributed by atoms with E-state index in [2.05, 4.69) is 13.8 Å². The summed E-state index contributed by atoms with van der Waals surface area (Å²) >= 11 is 0. The van der Waals surface area contributed by atoms with E-state index in [1.807, 2.05) is 30.3 Å². The van der Waals surface area contributed by atoms with Crippen LogP contribution in [0.5, 0.6) is 17.2 Å². The SMILES string of the molecule is COc1ccc(-c2coc3c4c(cc(OC)c3c2=O)OC(=O)C[C@H]4c2cc3ccccc3n(CC(C)C)c2=O)cc1. The van der Waals surface area contributed by atoms with Crippen molar-refractivity contribution in [3.8, 4) is 28.4 Å². The number of aromatic nitrogens is 1. The number of benzene rings is 3. The molecule has 0 fully saturated rings. The molecule has 1 aliphatic rings. The van der Waals surface area contributed by atoms with Gasteiger partial charge in [0.2, 0.25) is 5.43 Å². The van der Waals surface area contributed by atoms with Crippen LogP contribution in [0, 0.1) is 5.92 Å². The van der Waals surface area contributed by atoms with Crippen molar-refractivity contribution in [2.24, 2.45) is 5.92 Å². The molecule has 1 aliphatic heterocycles. The zero-order valence-electron chi connectivity index (χ0n) is 23.2. The molecule has 3 aromatic carbocycles. The van der Waals surface area contributed by atoms with Gasteiger partial charge >= 0.3 is 5.97 Å². The van der Waals surface area contributed by atoms with Crippen molar-refractivity contribution in [3.63, 3.8) is 0 Å².